The van der Waals surface area contributed by atoms with Gasteiger partial charge in [0.05, 0.1) is 0 Å². The fraction of sp³-hybridized carbons (Fsp3) is 0.857. The zero-order valence-electron chi connectivity index (χ0n) is 10.8. The van der Waals surface area contributed by atoms with Crippen molar-refractivity contribution in [2.45, 2.75) is 65.2 Å². The van der Waals surface area contributed by atoms with E-state index < -0.39 is 0 Å². The van der Waals surface area contributed by atoms with Gasteiger partial charge in [0.2, 0.25) is 0 Å². The van der Waals surface area contributed by atoms with Crippen LogP contribution >= 0.6 is 0 Å². The van der Waals surface area contributed by atoms with Crippen LogP contribution in [0.5, 0.6) is 0 Å². The molecule has 1 aliphatic rings. The summed E-state index contributed by atoms with van der Waals surface area (Å²) in [5.74, 6) is 1.11. The van der Waals surface area contributed by atoms with Crippen molar-refractivity contribution < 1.29 is 4.79 Å². The van der Waals surface area contributed by atoms with E-state index in [0.29, 0.717) is 12.2 Å². The van der Waals surface area contributed by atoms with Crippen molar-refractivity contribution in [2.24, 2.45) is 10.9 Å². The van der Waals surface area contributed by atoms with E-state index in [-0.39, 0.29) is 0 Å². The predicted octanol–water partition coefficient (Wildman–Crippen LogP) is 3.79. The Labute approximate surface area is 99.5 Å². The normalized spacial score (nSPS) is 21.4. The molecule has 0 heterocycles. The van der Waals surface area contributed by atoms with Gasteiger partial charge in [-0.25, -0.2) is 0 Å². The van der Waals surface area contributed by atoms with Gasteiger partial charge in [0, 0.05) is 25.1 Å². The first-order valence-corrected chi connectivity index (χ1v) is 6.80. The molecular formula is C14H25NO. The first-order chi connectivity index (χ1) is 7.76. The molecule has 1 atom stereocenters. The van der Waals surface area contributed by atoms with Gasteiger partial charge in [-0.2, -0.15) is 0 Å². The van der Waals surface area contributed by atoms with E-state index in [4.69, 9.17) is 0 Å². The number of Topliss-reactive ketones (excluding diaryl/α,β-unsaturated/α-hetero) is 1. The molecule has 0 radical (unpaired) electrons. The van der Waals surface area contributed by atoms with Gasteiger partial charge in [-0.1, -0.05) is 33.1 Å². The van der Waals surface area contributed by atoms with Crippen molar-refractivity contribution in [1.82, 2.24) is 0 Å². The van der Waals surface area contributed by atoms with Gasteiger partial charge in [0.15, 0.2) is 0 Å². The quantitative estimate of drug-likeness (QED) is 0.673. The third kappa shape index (κ3) is 4.91. The lowest BCUT2D eigenvalue weighted by Gasteiger charge is -2.15. The molecule has 0 saturated heterocycles. The number of ketones is 1. The Hall–Kier alpha value is -0.660. The summed E-state index contributed by atoms with van der Waals surface area (Å²) >= 11 is 0. The van der Waals surface area contributed by atoms with Gasteiger partial charge in [0.25, 0.3) is 0 Å². The zero-order valence-corrected chi connectivity index (χ0v) is 10.8. The largest absolute Gasteiger partial charge is 0.299 e. The van der Waals surface area contributed by atoms with Crippen molar-refractivity contribution in [1.29, 1.82) is 0 Å². The monoisotopic (exact) mass is 223 g/mol. The molecule has 2 heteroatoms. The number of hydrogen-bond acceptors (Lipinski definition) is 2. The number of rotatable bonds is 6. The number of nitrogens with zero attached hydrogens (tertiary/aromatic N) is 1. The molecule has 1 rings (SSSR count). The molecule has 0 amide bonds. The molecule has 0 aliphatic heterocycles. The summed E-state index contributed by atoms with van der Waals surface area (Å²) < 4.78 is 0. The average Bonchev–Trinajstić information content (AvgIpc) is 2.29. The molecule has 1 unspecified atom stereocenters. The Kier molecular flexibility index (Phi) is 6.36. The van der Waals surface area contributed by atoms with E-state index in [0.717, 1.165) is 37.4 Å². The summed E-state index contributed by atoms with van der Waals surface area (Å²) in [6.45, 7) is 5.42. The SMILES string of the molecule is CCCCC(CC)CN=C1CCCC(=O)C1. The smallest absolute Gasteiger partial charge is 0.138 e. The minimum absolute atomic E-state index is 0.381. The molecule has 0 aromatic carbocycles. The lowest BCUT2D eigenvalue weighted by molar-refractivity contribution is -0.118. The first-order valence-electron chi connectivity index (χ1n) is 6.80. The second-order valence-electron chi connectivity index (χ2n) is 4.89. The maximum atomic E-state index is 11.3. The highest BCUT2D eigenvalue weighted by atomic mass is 16.1. The summed E-state index contributed by atoms with van der Waals surface area (Å²) in [7, 11) is 0. The van der Waals surface area contributed by atoms with Gasteiger partial charge in [-0.3, -0.25) is 9.79 Å². The van der Waals surface area contributed by atoms with Crippen molar-refractivity contribution >= 4 is 11.5 Å². The van der Waals surface area contributed by atoms with Gasteiger partial charge < -0.3 is 0 Å². The van der Waals surface area contributed by atoms with Crippen LogP contribution < -0.4 is 0 Å². The summed E-state index contributed by atoms with van der Waals surface area (Å²) in [5.41, 5.74) is 1.16. The van der Waals surface area contributed by atoms with Crippen molar-refractivity contribution in [3.05, 3.63) is 0 Å². The lowest BCUT2D eigenvalue weighted by Crippen LogP contribution is -2.16. The fourth-order valence-corrected chi connectivity index (χ4v) is 2.20. The van der Waals surface area contributed by atoms with Crippen LogP contribution in [0.4, 0.5) is 0 Å². The van der Waals surface area contributed by atoms with Gasteiger partial charge in [-0.05, 0) is 25.2 Å². The standard InChI is InChI=1S/C14H25NO/c1-3-5-7-12(4-2)11-15-13-8-6-9-14(16)10-13/h12H,3-11H2,1-2H3. The van der Waals surface area contributed by atoms with Crippen LogP contribution in [0.15, 0.2) is 4.99 Å². The number of carbonyl (C=O) groups is 1. The number of hydrogen-bond donors (Lipinski definition) is 0. The topological polar surface area (TPSA) is 29.4 Å². The van der Waals surface area contributed by atoms with Gasteiger partial charge in [0.1, 0.15) is 5.78 Å². The van der Waals surface area contributed by atoms with E-state index in [1.54, 1.807) is 0 Å². The Balaban J connectivity index is 2.34. The van der Waals surface area contributed by atoms with E-state index in [1.165, 1.54) is 25.7 Å². The summed E-state index contributed by atoms with van der Waals surface area (Å²) in [6.07, 6.45) is 8.55. The van der Waals surface area contributed by atoms with Crippen LogP contribution in [0.3, 0.4) is 0 Å². The molecule has 0 spiro atoms. The zero-order chi connectivity index (χ0) is 11.8. The van der Waals surface area contributed by atoms with Gasteiger partial charge in [-0.15, -0.1) is 0 Å². The second-order valence-corrected chi connectivity index (χ2v) is 4.89. The number of unbranched alkanes of at least 4 members (excludes halogenated alkanes) is 1. The van der Waals surface area contributed by atoms with Crippen molar-refractivity contribution in [3.8, 4) is 0 Å². The fourth-order valence-electron chi connectivity index (χ4n) is 2.20. The predicted molar refractivity (Wildman–Crippen MR) is 69.1 cm³/mol. The summed E-state index contributed by atoms with van der Waals surface area (Å²) in [5, 5.41) is 0. The van der Waals surface area contributed by atoms with Crippen LogP contribution in [0.25, 0.3) is 0 Å². The molecular weight excluding hydrogens is 198 g/mol. The Morgan fingerprint density at radius 1 is 1.31 bits per heavy atom. The summed E-state index contributed by atoms with van der Waals surface area (Å²) in [6, 6.07) is 0. The Bertz CT molecular complexity index is 245. The molecule has 16 heavy (non-hydrogen) atoms. The second kappa shape index (κ2) is 7.59. The van der Waals surface area contributed by atoms with Gasteiger partial charge >= 0.3 is 0 Å². The highest BCUT2D eigenvalue weighted by Gasteiger charge is 2.14. The van der Waals surface area contributed by atoms with Crippen molar-refractivity contribution in [2.75, 3.05) is 6.54 Å². The van der Waals surface area contributed by atoms with Crippen LogP contribution in [0.2, 0.25) is 0 Å². The minimum atomic E-state index is 0.381. The van der Waals surface area contributed by atoms with Crippen LogP contribution in [-0.2, 0) is 4.79 Å². The first kappa shape index (κ1) is 13.4. The van der Waals surface area contributed by atoms with E-state index in [2.05, 4.69) is 18.8 Å². The number of carbonyl (C=O) groups excluding carboxylic acids is 1. The maximum absolute atomic E-state index is 11.3. The van der Waals surface area contributed by atoms with E-state index >= 15 is 0 Å². The van der Waals surface area contributed by atoms with Crippen LogP contribution in [0.1, 0.15) is 65.2 Å². The molecule has 0 N–H and O–H groups in total. The van der Waals surface area contributed by atoms with E-state index in [9.17, 15) is 4.79 Å². The average molecular weight is 223 g/mol. The lowest BCUT2D eigenvalue weighted by atomic mass is 9.96. The maximum Gasteiger partial charge on any atom is 0.138 e. The molecule has 1 fully saturated rings. The molecule has 0 aromatic heterocycles. The highest BCUT2D eigenvalue weighted by molar-refractivity contribution is 6.03. The number of aliphatic imine (C=N–C) groups is 1. The molecule has 1 saturated carbocycles. The van der Waals surface area contributed by atoms with E-state index in [1.807, 2.05) is 0 Å². The Morgan fingerprint density at radius 3 is 2.75 bits per heavy atom. The molecule has 1 aliphatic carbocycles. The minimum Gasteiger partial charge on any atom is -0.299 e. The highest BCUT2D eigenvalue weighted by Crippen LogP contribution is 2.16. The third-order valence-corrected chi connectivity index (χ3v) is 3.44. The Morgan fingerprint density at radius 2 is 2.12 bits per heavy atom. The van der Waals surface area contributed by atoms with Crippen LogP contribution in [-0.4, -0.2) is 18.0 Å². The third-order valence-electron chi connectivity index (χ3n) is 3.44. The molecule has 0 bridgehead atoms. The molecule has 0 aromatic rings. The van der Waals surface area contributed by atoms with Crippen molar-refractivity contribution in [3.63, 3.8) is 0 Å². The molecule has 92 valence electrons. The summed E-state index contributed by atoms with van der Waals surface area (Å²) in [4.78, 5) is 15.9. The molecule has 2 nitrogen and oxygen atoms in total. The van der Waals surface area contributed by atoms with Crippen LogP contribution in [0, 0.1) is 5.92 Å².